The van der Waals surface area contributed by atoms with E-state index >= 15 is 0 Å². The zero-order chi connectivity index (χ0) is 32.6. The third-order valence-corrected chi connectivity index (χ3v) is 6.87. The topological polar surface area (TPSA) is 165 Å². The van der Waals surface area contributed by atoms with Crippen molar-refractivity contribution in [3.8, 4) is 22.8 Å². The summed E-state index contributed by atoms with van der Waals surface area (Å²) in [5, 5.41) is 10.3. The van der Waals surface area contributed by atoms with E-state index in [0.29, 0.717) is 17.2 Å². The molecule has 13 nitrogen and oxygen atoms in total. The van der Waals surface area contributed by atoms with Gasteiger partial charge in [-0.1, -0.05) is 66.7 Å². The van der Waals surface area contributed by atoms with Gasteiger partial charge in [-0.15, -0.1) is 0 Å². The lowest BCUT2D eigenvalue weighted by Crippen LogP contribution is -2.17. The molecule has 0 aliphatic carbocycles. The molecule has 1 amide bonds. The number of rotatable bonds is 7. The highest BCUT2D eigenvalue weighted by molar-refractivity contribution is 6.01. The zero-order valence-electron chi connectivity index (χ0n) is 25.4. The van der Waals surface area contributed by atoms with Gasteiger partial charge in [0, 0.05) is 29.4 Å². The molecule has 0 aliphatic rings. The molecule has 0 saturated carbocycles. The molecule has 0 fully saturated rings. The maximum atomic E-state index is 11.9. The standard InChI is InChI=1S/C20H18N6O.C13H12N2O4/c1-13-8-9-15(20(27)21-2)10-16(13)25-18-17-11-22-19(26(17)24-12-23-18)14-6-4-3-5-7-14;1-18-12(16)9-10(13(17)19-2)15-11(14-9)8-6-4-3-5-7-8/h3-12H,1-2H3,(H,21,27)(H,23,24,25);3-7H,1-2H3,(H,14,15). The van der Waals surface area contributed by atoms with E-state index in [4.69, 9.17) is 0 Å². The van der Waals surface area contributed by atoms with Gasteiger partial charge >= 0.3 is 11.9 Å². The molecule has 0 bridgehead atoms. The van der Waals surface area contributed by atoms with Crippen LogP contribution in [0.4, 0.5) is 11.5 Å². The molecular weight excluding hydrogens is 588 g/mol. The monoisotopic (exact) mass is 618 g/mol. The van der Waals surface area contributed by atoms with Crippen molar-refractivity contribution >= 4 is 34.9 Å². The van der Waals surface area contributed by atoms with Crippen LogP contribution in [-0.4, -0.2) is 68.7 Å². The summed E-state index contributed by atoms with van der Waals surface area (Å²) in [7, 11) is 4.06. The average Bonchev–Trinajstić information content (AvgIpc) is 3.75. The molecule has 0 unspecified atom stereocenters. The molecule has 0 atom stereocenters. The number of methoxy groups -OCH3 is 2. The van der Waals surface area contributed by atoms with Gasteiger partial charge in [0.15, 0.2) is 23.0 Å². The van der Waals surface area contributed by atoms with Crippen molar-refractivity contribution in [3.63, 3.8) is 0 Å². The Morgan fingerprint density at radius 1 is 0.848 bits per heavy atom. The van der Waals surface area contributed by atoms with Crippen molar-refractivity contribution in [1.29, 1.82) is 0 Å². The number of aryl methyl sites for hydroxylation is 1. The number of carbonyl (C=O) groups is 3. The number of esters is 2. The number of benzene rings is 3. The zero-order valence-corrected chi connectivity index (χ0v) is 25.4. The molecule has 3 aromatic heterocycles. The first-order valence-electron chi connectivity index (χ1n) is 14.0. The highest BCUT2D eigenvalue weighted by Gasteiger charge is 2.24. The predicted molar refractivity (Wildman–Crippen MR) is 171 cm³/mol. The number of imidazole rings is 2. The second kappa shape index (κ2) is 13.9. The van der Waals surface area contributed by atoms with Gasteiger partial charge in [-0.3, -0.25) is 4.79 Å². The fourth-order valence-electron chi connectivity index (χ4n) is 4.48. The summed E-state index contributed by atoms with van der Waals surface area (Å²) in [5.41, 5.74) is 4.75. The molecule has 0 radical (unpaired) electrons. The molecule has 0 saturated heterocycles. The number of nitrogens with zero attached hydrogens (tertiary/aromatic N) is 5. The Morgan fingerprint density at radius 3 is 2.17 bits per heavy atom. The maximum absolute atomic E-state index is 11.9. The van der Waals surface area contributed by atoms with Crippen LogP contribution in [0.25, 0.3) is 28.3 Å². The molecular formula is C33H30N8O5. The van der Waals surface area contributed by atoms with E-state index in [1.807, 2.05) is 61.5 Å². The van der Waals surface area contributed by atoms with Crippen LogP contribution in [0.2, 0.25) is 0 Å². The van der Waals surface area contributed by atoms with E-state index in [2.05, 4.69) is 45.1 Å². The fourth-order valence-corrected chi connectivity index (χ4v) is 4.48. The third kappa shape index (κ3) is 6.58. The third-order valence-electron chi connectivity index (χ3n) is 6.87. The molecule has 232 valence electrons. The fraction of sp³-hybridized carbons (Fsp3) is 0.121. The lowest BCUT2D eigenvalue weighted by molar-refractivity contribution is 0.0548. The van der Waals surface area contributed by atoms with Gasteiger partial charge in [0.1, 0.15) is 17.7 Å². The van der Waals surface area contributed by atoms with E-state index in [-0.39, 0.29) is 17.3 Å². The molecule has 0 aliphatic heterocycles. The number of nitrogens with one attached hydrogen (secondary N) is 3. The first-order valence-corrected chi connectivity index (χ1v) is 14.0. The number of anilines is 2. The molecule has 3 N–H and O–H groups in total. The Morgan fingerprint density at radius 2 is 1.52 bits per heavy atom. The lowest BCUT2D eigenvalue weighted by Gasteiger charge is -2.11. The minimum absolute atomic E-state index is 0.0202. The van der Waals surface area contributed by atoms with Crippen LogP contribution in [-0.2, 0) is 9.47 Å². The van der Waals surface area contributed by atoms with Crippen molar-refractivity contribution in [2.45, 2.75) is 6.92 Å². The van der Waals surface area contributed by atoms with Crippen LogP contribution >= 0.6 is 0 Å². The summed E-state index contributed by atoms with van der Waals surface area (Å²) in [4.78, 5) is 50.8. The number of hydrogen-bond donors (Lipinski definition) is 3. The first-order chi connectivity index (χ1) is 22.3. The number of amides is 1. The van der Waals surface area contributed by atoms with E-state index in [1.165, 1.54) is 20.5 Å². The van der Waals surface area contributed by atoms with Crippen molar-refractivity contribution in [1.82, 2.24) is 34.9 Å². The van der Waals surface area contributed by atoms with Crippen LogP contribution in [0.1, 0.15) is 36.9 Å². The molecule has 0 spiro atoms. The first kappa shape index (κ1) is 31.1. The molecule has 6 aromatic rings. The second-order valence-electron chi connectivity index (χ2n) is 9.75. The molecule has 13 heteroatoms. The number of aromatic amines is 1. The number of ether oxygens (including phenoxy) is 2. The highest BCUT2D eigenvalue weighted by atomic mass is 16.5. The van der Waals surface area contributed by atoms with Crippen molar-refractivity contribution in [2.75, 3.05) is 26.6 Å². The molecule has 46 heavy (non-hydrogen) atoms. The lowest BCUT2D eigenvalue weighted by atomic mass is 10.1. The van der Waals surface area contributed by atoms with Gasteiger partial charge in [-0.2, -0.15) is 5.10 Å². The summed E-state index contributed by atoms with van der Waals surface area (Å²) in [6, 6.07) is 24.5. The number of carbonyl (C=O) groups excluding carboxylic acids is 3. The molecule has 3 heterocycles. The Hall–Kier alpha value is -6.37. The van der Waals surface area contributed by atoms with E-state index < -0.39 is 11.9 Å². The Labute approximate surface area is 263 Å². The van der Waals surface area contributed by atoms with Crippen molar-refractivity contribution in [2.24, 2.45) is 0 Å². The van der Waals surface area contributed by atoms with E-state index in [0.717, 1.165) is 33.7 Å². The van der Waals surface area contributed by atoms with Gasteiger partial charge in [0.05, 0.1) is 20.4 Å². The largest absolute Gasteiger partial charge is 0.464 e. The quantitative estimate of drug-likeness (QED) is 0.211. The molecule has 6 rings (SSSR count). The van der Waals surface area contributed by atoms with Gasteiger partial charge < -0.3 is 25.1 Å². The summed E-state index contributed by atoms with van der Waals surface area (Å²) in [6.07, 6.45) is 3.23. The highest BCUT2D eigenvalue weighted by Crippen LogP contribution is 2.26. The Bertz CT molecular complexity index is 1970. The summed E-state index contributed by atoms with van der Waals surface area (Å²) in [5.74, 6) is 0.264. The van der Waals surface area contributed by atoms with Crippen molar-refractivity contribution < 1.29 is 23.9 Å². The predicted octanol–water partition coefficient (Wildman–Crippen LogP) is 4.85. The van der Waals surface area contributed by atoms with Crippen molar-refractivity contribution in [3.05, 3.63) is 114 Å². The van der Waals surface area contributed by atoms with Gasteiger partial charge in [0.2, 0.25) is 0 Å². The van der Waals surface area contributed by atoms with E-state index in [1.54, 1.807) is 42.0 Å². The number of aromatic nitrogens is 6. The minimum Gasteiger partial charge on any atom is -0.464 e. The maximum Gasteiger partial charge on any atom is 0.359 e. The summed E-state index contributed by atoms with van der Waals surface area (Å²) >= 11 is 0. The van der Waals surface area contributed by atoms with Crippen LogP contribution in [0.15, 0.2) is 91.4 Å². The van der Waals surface area contributed by atoms with Gasteiger partial charge in [-0.05, 0) is 24.6 Å². The minimum atomic E-state index is -0.696. The van der Waals surface area contributed by atoms with Crippen LogP contribution in [0.3, 0.4) is 0 Å². The summed E-state index contributed by atoms with van der Waals surface area (Å²) in [6.45, 7) is 1.97. The van der Waals surface area contributed by atoms with Gasteiger partial charge in [-0.25, -0.2) is 29.1 Å². The van der Waals surface area contributed by atoms with Gasteiger partial charge in [0.25, 0.3) is 5.91 Å². The smallest absolute Gasteiger partial charge is 0.359 e. The second-order valence-corrected chi connectivity index (χ2v) is 9.75. The van der Waals surface area contributed by atoms with Crippen LogP contribution in [0, 0.1) is 6.92 Å². The van der Waals surface area contributed by atoms with Crippen LogP contribution in [0.5, 0.6) is 0 Å². The average molecular weight is 619 g/mol. The number of fused-ring (bicyclic) bond motifs is 1. The molecule has 3 aromatic carbocycles. The number of H-pyrrole nitrogens is 1. The number of hydrogen-bond acceptors (Lipinski definition) is 10. The SMILES string of the molecule is CNC(=O)c1ccc(C)c(Nc2ncnn3c(-c4ccccc4)ncc23)c1.COC(=O)c1nc(-c2ccccc2)[nH]c1C(=O)OC. The van der Waals surface area contributed by atoms with Crippen LogP contribution < -0.4 is 10.6 Å². The Kier molecular flexibility index (Phi) is 9.42. The Balaban J connectivity index is 0.000000193. The summed E-state index contributed by atoms with van der Waals surface area (Å²) < 4.78 is 10.9. The van der Waals surface area contributed by atoms with E-state index in [9.17, 15) is 14.4 Å². The normalized spacial score (nSPS) is 10.4.